The lowest BCUT2D eigenvalue weighted by Gasteiger charge is -2.25. The van der Waals surface area contributed by atoms with Crippen LogP contribution in [0.15, 0.2) is 30.3 Å². The van der Waals surface area contributed by atoms with E-state index in [0.29, 0.717) is 29.9 Å². The smallest absolute Gasteiger partial charge is 0.295 e. The first-order chi connectivity index (χ1) is 19.9. The third kappa shape index (κ3) is 9.50. The summed E-state index contributed by atoms with van der Waals surface area (Å²) in [6, 6.07) is 10.8. The number of rotatable bonds is 9. The van der Waals surface area contributed by atoms with Crippen LogP contribution in [0.3, 0.4) is 0 Å². The van der Waals surface area contributed by atoms with Crippen molar-refractivity contribution >= 4 is 58.3 Å². The second-order valence-electron chi connectivity index (χ2n) is 9.77. The van der Waals surface area contributed by atoms with Crippen LogP contribution >= 0.6 is 34.8 Å². The van der Waals surface area contributed by atoms with Gasteiger partial charge < -0.3 is 10.6 Å². The van der Waals surface area contributed by atoms with Gasteiger partial charge in [0, 0.05) is 18.6 Å². The molecule has 41 heavy (non-hydrogen) atoms. The fourth-order valence-corrected chi connectivity index (χ4v) is 5.66. The first kappa shape index (κ1) is 30.9. The SMILES string of the molecule is Clc1nc(Cl)nc(Cl)n1.[C-]#[N+]CN(c1ccccc1)c1nc(NC[C@@H]2CCCN2CC)nc(NC2CCCCC2)n1. The molecule has 1 atom stereocenters. The Balaban J connectivity index is 0.000000367. The number of hydrogen-bond acceptors (Lipinski definition) is 10. The normalized spacial score (nSPS) is 17.3. The molecule has 0 radical (unpaired) electrons. The summed E-state index contributed by atoms with van der Waals surface area (Å²) in [5, 5.41) is 7.01. The van der Waals surface area contributed by atoms with Crippen molar-refractivity contribution in [2.75, 3.05) is 41.8 Å². The van der Waals surface area contributed by atoms with Crippen LogP contribution < -0.4 is 15.5 Å². The molecule has 2 aliphatic rings. The average Bonchev–Trinajstić information content (AvgIpc) is 3.43. The van der Waals surface area contributed by atoms with Crippen LogP contribution in [0.1, 0.15) is 51.9 Å². The molecule has 5 rings (SSSR count). The fourth-order valence-electron chi connectivity index (χ4n) is 5.05. The van der Waals surface area contributed by atoms with Gasteiger partial charge in [0.25, 0.3) is 6.67 Å². The number of aromatic nitrogens is 6. The molecule has 11 nitrogen and oxygen atoms in total. The van der Waals surface area contributed by atoms with Crippen molar-refractivity contribution in [3.8, 4) is 0 Å². The van der Waals surface area contributed by atoms with Gasteiger partial charge in [0.1, 0.15) is 0 Å². The van der Waals surface area contributed by atoms with Crippen LogP contribution in [0.25, 0.3) is 4.85 Å². The van der Waals surface area contributed by atoms with Gasteiger partial charge in [-0.25, -0.2) is 11.5 Å². The highest BCUT2D eigenvalue weighted by molar-refractivity contribution is 6.33. The molecule has 3 aromatic rings. The lowest BCUT2D eigenvalue weighted by Crippen LogP contribution is -2.35. The van der Waals surface area contributed by atoms with Crippen molar-refractivity contribution in [1.82, 2.24) is 34.8 Å². The Morgan fingerprint density at radius 3 is 2.17 bits per heavy atom. The molecule has 0 bridgehead atoms. The molecule has 0 spiro atoms. The lowest BCUT2D eigenvalue weighted by atomic mass is 9.96. The summed E-state index contributed by atoms with van der Waals surface area (Å²) in [7, 11) is 0. The predicted molar refractivity (Wildman–Crippen MR) is 164 cm³/mol. The topological polar surface area (TPSA) is 112 Å². The Kier molecular flexibility index (Phi) is 11.9. The molecule has 1 saturated heterocycles. The second kappa shape index (κ2) is 15.8. The van der Waals surface area contributed by atoms with Gasteiger partial charge in [0.15, 0.2) is 0 Å². The van der Waals surface area contributed by atoms with Crippen molar-refractivity contribution in [1.29, 1.82) is 0 Å². The summed E-state index contributed by atoms with van der Waals surface area (Å²) in [5.74, 6) is 1.66. The van der Waals surface area contributed by atoms with E-state index in [2.05, 4.69) is 42.3 Å². The van der Waals surface area contributed by atoms with Crippen LogP contribution in [0.2, 0.25) is 15.9 Å². The van der Waals surface area contributed by atoms with Crippen LogP contribution in [-0.4, -0.2) is 73.2 Å². The zero-order valence-electron chi connectivity index (χ0n) is 23.0. The first-order valence-electron chi connectivity index (χ1n) is 13.8. The Bertz CT molecular complexity index is 1230. The maximum Gasteiger partial charge on any atom is 0.295 e. The Labute approximate surface area is 255 Å². The maximum absolute atomic E-state index is 7.46. The van der Waals surface area contributed by atoms with Gasteiger partial charge in [-0.2, -0.15) is 29.9 Å². The van der Waals surface area contributed by atoms with E-state index in [4.69, 9.17) is 56.3 Å². The van der Waals surface area contributed by atoms with Crippen LogP contribution in [0.4, 0.5) is 23.5 Å². The molecule has 2 fully saturated rings. The maximum atomic E-state index is 7.46. The van der Waals surface area contributed by atoms with Crippen molar-refractivity contribution < 1.29 is 0 Å². The van der Waals surface area contributed by atoms with Gasteiger partial charge in [0.05, 0.1) is 5.69 Å². The second-order valence-corrected chi connectivity index (χ2v) is 10.8. The Morgan fingerprint density at radius 1 is 0.878 bits per heavy atom. The van der Waals surface area contributed by atoms with E-state index >= 15 is 0 Å². The molecule has 2 aromatic heterocycles. The van der Waals surface area contributed by atoms with E-state index in [1.54, 1.807) is 0 Å². The van der Waals surface area contributed by atoms with E-state index in [1.165, 1.54) is 32.1 Å². The fraction of sp³-hybridized carbons (Fsp3) is 0.519. The molecule has 1 saturated carbocycles. The van der Waals surface area contributed by atoms with Crippen molar-refractivity contribution in [3.63, 3.8) is 0 Å². The number of likely N-dealkylation sites (tertiary alicyclic amines) is 1. The van der Waals surface area contributed by atoms with Crippen LogP contribution in [0, 0.1) is 6.57 Å². The summed E-state index contributed by atoms with van der Waals surface area (Å²) >= 11 is 16.0. The summed E-state index contributed by atoms with van der Waals surface area (Å²) in [6.45, 7) is 12.9. The zero-order chi connectivity index (χ0) is 29.0. The molecular weight excluding hydrogens is 585 g/mol. The van der Waals surface area contributed by atoms with E-state index in [-0.39, 0.29) is 22.5 Å². The number of anilines is 4. The summed E-state index contributed by atoms with van der Waals surface area (Å²) in [6.07, 6.45) is 8.50. The van der Waals surface area contributed by atoms with E-state index in [9.17, 15) is 0 Å². The lowest BCUT2D eigenvalue weighted by molar-refractivity contribution is 0.277. The predicted octanol–water partition coefficient (Wildman–Crippen LogP) is 6.36. The summed E-state index contributed by atoms with van der Waals surface area (Å²) < 4.78 is 0. The van der Waals surface area contributed by atoms with Gasteiger partial charge in [-0.3, -0.25) is 9.74 Å². The number of benzene rings is 1. The highest BCUT2D eigenvalue weighted by atomic mass is 35.5. The monoisotopic (exact) mass is 617 g/mol. The van der Waals surface area contributed by atoms with E-state index in [1.807, 2.05) is 35.2 Å². The quantitative estimate of drug-likeness (QED) is 0.263. The molecule has 3 heterocycles. The summed E-state index contributed by atoms with van der Waals surface area (Å²) in [5.41, 5.74) is 0.900. The summed E-state index contributed by atoms with van der Waals surface area (Å²) in [4.78, 5) is 32.5. The number of hydrogen-bond donors (Lipinski definition) is 2. The molecule has 0 unspecified atom stereocenters. The van der Waals surface area contributed by atoms with Crippen LogP contribution in [-0.2, 0) is 0 Å². The first-order valence-corrected chi connectivity index (χ1v) is 15.0. The minimum Gasteiger partial charge on any atom is -0.352 e. The highest BCUT2D eigenvalue weighted by Gasteiger charge is 2.24. The highest BCUT2D eigenvalue weighted by Crippen LogP contribution is 2.26. The van der Waals surface area contributed by atoms with Gasteiger partial charge in [-0.1, -0.05) is 44.4 Å². The van der Waals surface area contributed by atoms with E-state index < -0.39 is 0 Å². The zero-order valence-corrected chi connectivity index (χ0v) is 25.2. The number of likely N-dealkylation sites (N-methyl/N-ethyl adjacent to an activating group) is 1. The number of para-hydroxylation sites is 1. The van der Waals surface area contributed by atoms with Gasteiger partial charge in [0.2, 0.25) is 33.7 Å². The molecule has 1 aromatic carbocycles. The van der Waals surface area contributed by atoms with Crippen molar-refractivity contribution in [2.24, 2.45) is 0 Å². The van der Waals surface area contributed by atoms with Gasteiger partial charge in [-0.15, -0.1) is 0 Å². The van der Waals surface area contributed by atoms with Gasteiger partial charge >= 0.3 is 0 Å². The minimum atomic E-state index is 0.000000000000000444. The number of nitrogens with zero attached hydrogens (tertiary/aromatic N) is 9. The molecule has 14 heteroatoms. The molecular formula is C27H34Cl3N11. The van der Waals surface area contributed by atoms with Crippen LogP contribution in [0.5, 0.6) is 0 Å². The average molecular weight is 619 g/mol. The van der Waals surface area contributed by atoms with Gasteiger partial charge in [-0.05, 0) is 85.7 Å². The largest absolute Gasteiger partial charge is 0.352 e. The van der Waals surface area contributed by atoms with Crippen molar-refractivity contribution in [2.45, 2.75) is 64.0 Å². The molecule has 1 aliphatic carbocycles. The van der Waals surface area contributed by atoms with E-state index in [0.717, 1.165) is 38.2 Å². The Morgan fingerprint density at radius 2 is 1.54 bits per heavy atom. The molecule has 218 valence electrons. The number of nitrogens with one attached hydrogen (secondary N) is 2. The third-order valence-corrected chi connectivity index (χ3v) is 7.55. The van der Waals surface area contributed by atoms with Crippen molar-refractivity contribution in [3.05, 3.63) is 57.6 Å². The minimum absolute atomic E-state index is 0.000000000000000444. The third-order valence-electron chi connectivity index (χ3n) is 7.04. The standard InChI is InChI=1S/C24H34N8.C3Cl3N3/c1-3-31-16-10-15-21(31)17-26-22-28-23(27-19-11-6-4-7-12-19)30-24(29-22)32(18-25-2)20-13-8-5-9-14-20;4-1-7-2(5)9-3(6)8-1/h5,8-9,13-14,19,21H,3-4,6-7,10-12,15-18H2,1H3,(H2,26,27,28,29,30);/t21-;/m0./s1. The molecule has 2 N–H and O–H groups in total. The molecule has 0 amide bonds. The number of halogens is 3. The molecule has 1 aliphatic heterocycles. The Hall–Kier alpha value is -3.04.